The molecule has 1 N–H and O–H groups in total. The normalized spacial score (nSPS) is 20.5. The Labute approximate surface area is 200 Å². The lowest BCUT2D eigenvalue weighted by Gasteiger charge is -2.38. The number of ether oxygens (including phenoxy) is 1. The SMILES string of the molecule is CCOc1ccc(CN(C)C(=O)CN2C(=O)NC3(CCCN(Cc4ccccc4)C3)C2=O)cc1. The summed E-state index contributed by atoms with van der Waals surface area (Å²) in [6, 6.07) is 17.1. The van der Waals surface area contributed by atoms with Crippen molar-refractivity contribution in [1.82, 2.24) is 20.0 Å². The van der Waals surface area contributed by atoms with Gasteiger partial charge in [-0.15, -0.1) is 0 Å². The second-order valence-electron chi connectivity index (χ2n) is 9.03. The van der Waals surface area contributed by atoms with E-state index in [-0.39, 0.29) is 18.4 Å². The highest BCUT2D eigenvalue weighted by Crippen LogP contribution is 2.29. The molecular formula is C26H32N4O4. The van der Waals surface area contributed by atoms with Gasteiger partial charge in [0.15, 0.2) is 0 Å². The number of likely N-dealkylation sites (N-methyl/N-ethyl adjacent to an activating group) is 1. The second-order valence-corrected chi connectivity index (χ2v) is 9.03. The molecule has 4 amide bonds. The van der Waals surface area contributed by atoms with Crippen molar-refractivity contribution < 1.29 is 19.1 Å². The number of amides is 4. The fourth-order valence-electron chi connectivity index (χ4n) is 4.69. The van der Waals surface area contributed by atoms with E-state index in [0.717, 1.165) is 35.7 Å². The lowest BCUT2D eigenvalue weighted by molar-refractivity contribution is -0.139. The van der Waals surface area contributed by atoms with E-state index in [1.54, 1.807) is 7.05 Å². The van der Waals surface area contributed by atoms with Gasteiger partial charge in [-0.25, -0.2) is 4.79 Å². The molecule has 1 spiro atoms. The highest BCUT2D eigenvalue weighted by molar-refractivity contribution is 6.09. The molecule has 8 heteroatoms. The number of likely N-dealkylation sites (tertiary alicyclic amines) is 1. The molecule has 34 heavy (non-hydrogen) atoms. The third-order valence-electron chi connectivity index (χ3n) is 6.44. The number of carbonyl (C=O) groups excluding carboxylic acids is 3. The van der Waals surface area contributed by atoms with Gasteiger partial charge in [-0.2, -0.15) is 0 Å². The largest absolute Gasteiger partial charge is 0.494 e. The molecule has 180 valence electrons. The van der Waals surface area contributed by atoms with Gasteiger partial charge in [0.25, 0.3) is 5.91 Å². The van der Waals surface area contributed by atoms with E-state index in [1.165, 1.54) is 10.5 Å². The van der Waals surface area contributed by atoms with Crippen LogP contribution in [0.4, 0.5) is 4.79 Å². The van der Waals surface area contributed by atoms with Crippen LogP contribution in [0, 0.1) is 0 Å². The van der Waals surface area contributed by atoms with Crippen molar-refractivity contribution in [3.8, 4) is 5.75 Å². The van der Waals surface area contributed by atoms with Crippen LogP contribution in [-0.2, 0) is 22.7 Å². The average Bonchev–Trinajstić information content (AvgIpc) is 3.04. The van der Waals surface area contributed by atoms with E-state index >= 15 is 0 Å². The third-order valence-corrected chi connectivity index (χ3v) is 6.44. The lowest BCUT2D eigenvalue weighted by atomic mass is 9.88. The number of hydrogen-bond acceptors (Lipinski definition) is 5. The first kappa shape index (κ1) is 23.8. The van der Waals surface area contributed by atoms with E-state index < -0.39 is 11.6 Å². The number of benzene rings is 2. The number of nitrogens with zero attached hydrogens (tertiary/aromatic N) is 3. The van der Waals surface area contributed by atoms with Crippen LogP contribution < -0.4 is 10.1 Å². The maximum atomic E-state index is 13.3. The van der Waals surface area contributed by atoms with Crippen molar-refractivity contribution >= 4 is 17.8 Å². The Bertz CT molecular complexity index is 1030. The van der Waals surface area contributed by atoms with E-state index in [0.29, 0.717) is 26.1 Å². The van der Waals surface area contributed by atoms with Crippen molar-refractivity contribution in [2.45, 2.75) is 38.4 Å². The van der Waals surface area contributed by atoms with Crippen LogP contribution in [0.3, 0.4) is 0 Å². The minimum Gasteiger partial charge on any atom is -0.494 e. The van der Waals surface area contributed by atoms with Crippen LogP contribution in [0.5, 0.6) is 5.75 Å². The number of carbonyl (C=O) groups is 3. The molecule has 2 aliphatic heterocycles. The maximum Gasteiger partial charge on any atom is 0.325 e. The van der Waals surface area contributed by atoms with Crippen molar-refractivity contribution in [3.05, 3.63) is 65.7 Å². The van der Waals surface area contributed by atoms with Crippen LogP contribution in [0.1, 0.15) is 30.9 Å². The number of rotatable bonds is 8. The van der Waals surface area contributed by atoms with Crippen molar-refractivity contribution in [2.75, 3.05) is 33.3 Å². The van der Waals surface area contributed by atoms with Gasteiger partial charge in [-0.1, -0.05) is 42.5 Å². The minimum atomic E-state index is -0.960. The number of hydrogen-bond donors (Lipinski definition) is 1. The summed E-state index contributed by atoms with van der Waals surface area (Å²) >= 11 is 0. The molecule has 0 aromatic heterocycles. The van der Waals surface area contributed by atoms with Crippen LogP contribution in [0.15, 0.2) is 54.6 Å². The Hall–Kier alpha value is -3.39. The molecule has 0 bridgehead atoms. The first-order valence-corrected chi connectivity index (χ1v) is 11.8. The topological polar surface area (TPSA) is 82.2 Å². The van der Waals surface area contributed by atoms with Crippen LogP contribution in [-0.4, -0.2) is 71.4 Å². The number of nitrogens with one attached hydrogen (secondary N) is 1. The summed E-state index contributed by atoms with van der Waals surface area (Å²) < 4.78 is 5.45. The molecule has 2 aromatic carbocycles. The summed E-state index contributed by atoms with van der Waals surface area (Å²) in [6.45, 7) is 4.66. The Morgan fingerprint density at radius 1 is 1.09 bits per heavy atom. The van der Waals surface area contributed by atoms with Gasteiger partial charge in [0, 0.05) is 26.7 Å². The van der Waals surface area contributed by atoms with Gasteiger partial charge in [-0.05, 0) is 49.6 Å². The molecule has 8 nitrogen and oxygen atoms in total. The molecular weight excluding hydrogens is 432 g/mol. The summed E-state index contributed by atoms with van der Waals surface area (Å²) in [5, 5.41) is 2.91. The van der Waals surface area contributed by atoms with Gasteiger partial charge >= 0.3 is 6.03 Å². The number of piperidine rings is 1. The van der Waals surface area contributed by atoms with Gasteiger partial charge in [0.05, 0.1) is 6.61 Å². The highest BCUT2D eigenvalue weighted by Gasteiger charge is 2.53. The molecule has 2 aromatic rings. The third kappa shape index (κ3) is 5.22. The van der Waals surface area contributed by atoms with Crippen LogP contribution in [0.25, 0.3) is 0 Å². The molecule has 1 unspecified atom stereocenters. The minimum absolute atomic E-state index is 0.265. The van der Waals surface area contributed by atoms with E-state index in [4.69, 9.17) is 4.74 Å². The standard InChI is InChI=1S/C26H32N4O4/c1-3-34-22-12-10-21(11-13-22)16-28(2)23(31)18-30-24(32)26(27-25(30)33)14-7-15-29(19-26)17-20-8-5-4-6-9-20/h4-6,8-13H,3,7,14-19H2,1-2H3,(H,27,33). The molecule has 2 heterocycles. The van der Waals surface area contributed by atoms with Gasteiger partial charge < -0.3 is 15.0 Å². The highest BCUT2D eigenvalue weighted by atomic mass is 16.5. The Balaban J connectivity index is 1.36. The summed E-state index contributed by atoms with van der Waals surface area (Å²) in [5.41, 5.74) is 1.15. The van der Waals surface area contributed by atoms with Crippen molar-refractivity contribution in [2.24, 2.45) is 0 Å². The first-order valence-electron chi connectivity index (χ1n) is 11.8. The van der Waals surface area contributed by atoms with Gasteiger partial charge in [0.1, 0.15) is 17.8 Å². The predicted octanol–water partition coefficient (Wildman–Crippen LogP) is 2.63. The smallest absolute Gasteiger partial charge is 0.325 e. The lowest BCUT2D eigenvalue weighted by Crippen LogP contribution is -2.58. The number of imide groups is 1. The molecule has 2 aliphatic rings. The fraction of sp³-hybridized carbons (Fsp3) is 0.423. The quantitative estimate of drug-likeness (QED) is 0.608. The van der Waals surface area contributed by atoms with Gasteiger partial charge in [0.2, 0.25) is 5.91 Å². The predicted molar refractivity (Wildman–Crippen MR) is 128 cm³/mol. The zero-order chi connectivity index (χ0) is 24.1. The van der Waals surface area contributed by atoms with E-state index in [1.807, 2.05) is 49.4 Å². The fourth-order valence-corrected chi connectivity index (χ4v) is 4.69. The molecule has 0 aliphatic carbocycles. The van der Waals surface area contributed by atoms with Crippen LogP contribution >= 0.6 is 0 Å². The van der Waals surface area contributed by atoms with Crippen LogP contribution in [0.2, 0.25) is 0 Å². The summed E-state index contributed by atoms with van der Waals surface area (Å²) in [7, 11) is 1.68. The monoisotopic (exact) mass is 464 g/mol. The zero-order valence-electron chi connectivity index (χ0n) is 19.8. The van der Waals surface area contributed by atoms with Crippen molar-refractivity contribution in [3.63, 3.8) is 0 Å². The number of urea groups is 1. The van der Waals surface area contributed by atoms with E-state index in [9.17, 15) is 14.4 Å². The Morgan fingerprint density at radius 3 is 2.53 bits per heavy atom. The molecule has 2 saturated heterocycles. The molecule has 2 fully saturated rings. The molecule has 0 radical (unpaired) electrons. The zero-order valence-corrected chi connectivity index (χ0v) is 19.8. The van der Waals surface area contributed by atoms with Crippen molar-refractivity contribution in [1.29, 1.82) is 0 Å². The first-order chi connectivity index (χ1) is 16.4. The summed E-state index contributed by atoms with van der Waals surface area (Å²) in [5.74, 6) is 0.183. The summed E-state index contributed by atoms with van der Waals surface area (Å²) in [4.78, 5) is 43.7. The Morgan fingerprint density at radius 2 is 1.82 bits per heavy atom. The van der Waals surface area contributed by atoms with E-state index in [2.05, 4.69) is 22.3 Å². The van der Waals surface area contributed by atoms with Gasteiger partial charge in [-0.3, -0.25) is 19.4 Å². The maximum absolute atomic E-state index is 13.3. The Kier molecular flexibility index (Phi) is 7.17. The second kappa shape index (κ2) is 10.3. The summed E-state index contributed by atoms with van der Waals surface area (Å²) in [6.07, 6.45) is 1.38. The molecule has 1 atom stereocenters. The average molecular weight is 465 g/mol. The molecule has 0 saturated carbocycles. The molecule has 4 rings (SSSR count).